The number of H-pyrrole nitrogens is 1. The van der Waals surface area contributed by atoms with E-state index in [0.29, 0.717) is 5.92 Å². The van der Waals surface area contributed by atoms with Crippen LogP contribution in [0.5, 0.6) is 0 Å². The van der Waals surface area contributed by atoms with E-state index in [1.54, 1.807) is 0 Å². The fourth-order valence-corrected chi connectivity index (χ4v) is 3.48. The summed E-state index contributed by atoms with van der Waals surface area (Å²) in [5.41, 5.74) is 6.98. The van der Waals surface area contributed by atoms with Crippen LogP contribution in [0.3, 0.4) is 0 Å². The van der Waals surface area contributed by atoms with E-state index in [4.69, 9.17) is 10.7 Å². The number of aromatic nitrogens is 5. The molecule has 2 aliphatic carbocycles. The lowest BCUT2D eigenvalue weighted by molar-refractivity contribution is 0.240. The molecule has 2 saturated carbocycles. The number of nitrogens with zero attached hydrogens (tertiary/aromatic N) is 4. The van der Waals surface area contributed by atoms with E-state index in [2.05, 4.69) is 15.1 Å². The Morgan fingerprint density at radius 2 is 2.05 bits per heavy atom. The van der Waals surface area contributed by atoms with E-state index in [-0.39, 0.29) is 5.54 Å². The van der Waals surface area contributed by atoms with Gasteiger partial charge in [-0.25, -0.2) is 14.6 Å². The SMILES string of the molecule is Cn1nc(C2CCCC2)nc1-c1cnc(C2(N)CCC2)[nH]1. The molecule has 0 aliphatic heterocycles. The van der Waals surface area contributed by atoms with Crippen molar-refractivity contribution in [1.82, 2.24) is 24.7 Å². The summed E-state index contributed by atoms with van der Waals surface area (Å²) >= 11 is 0. The van der Waals surface area contributed by atoms with Gasteiger partial charge in [0.1, 0.15) is 11.5 Å². The lowest BCUT2D eigenvalue weighted by Gasteiger charge is -2.35. The zero-order chi connectivity index (χ0) is 14.4. The maximum absolute atomic E-state index is 6.32. The van der Waals surface area contributed by atoms with Crippen LogP contribution in [-0.2, 0) is 12.6 Å². The smallest absolute Gasteiger partial charge is 0.176 e. The number of nitrogens with two attached hydrogens (primary N) is 1. The Morgan fingerprint density at radius 3 is 2.71 bits per heavy atom. The van der Waals surface area contributed by atoms with Crippen LogP contribution in [0.4, 0.5) is 0 Å². The molecule has 2 aromatic heterocycles. The van der Waals surface area contributed by atoms with Gasteiger partial charge >= 0.3 is 0 Å². The summed E-state index contributed by atoms with van der Waals surface area (Å²) in [6.07, 6.45) is 10.0. The molecule has 3 N–H and O–H groups in total. The molecule has 4 rings (SSSR count). The third kappa shape index (κ3) is 2.09. The number of imidazole rings is 1. The molecular formula is C15H22N6. The fourth-order valence-electron chi connectivity index (χ4n) is 3.48. The van der Waals surface area contributed by atoms with Crippen molar-refractivity contribution >= 4 is 0 Å². The summed E-state index contributed by atoms with van der Waals surface area (Å²) in [7, 11) is 1.95. The Labute approximate surface area is 124 Å². The Bertz CT molecular complexity index is 645. The molecule has 0 aromatic carbocycles. The van der Waals surface area contributed by atoms with Gasteiger partial charge < -0.3 is 10.7 Å². The molecule has 112 valence electrons. The molecule has 2 fully saturated rings. The highest BCUT2D eigenvalue weighted by molar-refractivity contribution is 5.49. The first-order valence-corrected chi connectivity index (χ1v) is 7.91. The second kappa shape index (κ2) is 4.66. The third-order valence-corrected chi connectivity index (χ3v) is 5.03. The van der Waals surface area contributed by atoms with Crippen molar-refractivity contribution in [3.8, 4) is 11.5 Å². The van der Waals surface area contributed by atoms with Crippen LogP contribution in [0.25, 0.3) is 11.5 Å². The van der Waals surface area contributed by atoms with E-state index < -0.39 is 0 Å². The predicted octanol–water partition coefficient (Wildman–Crippen LogP) is 2.20. The topological polar surface area (TPSA) is 85.4 Å². The number of hydrogen-bond acceptors (Lipinski definition) is 4. The highest BCUT2D eigenvalue weighted by Gasteiger charge is 2.37. The Balaban J connectivity index is 1.64. The van der Waals surface area contributed by atoms with Crippen molar-refractivity contribution in [2.75, 3.05) is 0 Å². The van der Waals surface area contributed by atoms with Crippen molar-refractivity contribution in [3.05, 3.63) is 17.8 Å². The van der Waals surface area contributed by atoms with Crippen molar-refractivity contribution in [2.45, 2.75) is 56.4 Å². The van der Waals surface area contributed by atoms with Crippen LogP contribution in [0, 0.1) is 0 Å². The van der Waals surface area contributed by atoms with Crippen LogP contribution in [0.15, 0.2) is 6.20 Å². The second-order valence-corrected chi connectivity index (χ2v) is 6.55. The van der Waals surface area contributed by atoms with E-state index in [1.165, 1.54) is 32.1 Å². The van der Waals surface area contributed by atoms with E-state index in [1.807, 2.05) is 17.9 Å². The van der Waals surface area contributed by atoms with Gasteiger partial charge in [-0.2, -0.15) is 5.10 Å². The second-order valence-electron chi connectivity index (χ2n) is 6.55. The molecule has 0 atom stereocenters. The van der Waals surface area contributed by atoms with Crippen LogP contribution < -0.4 is 5.73 Å². The highest BCUT2D eigenvalue weighted by atomic mass is 15.3. The summed E-state index contributed by atoms with van der Waals surface area (Å²) < 4.78 is 1.86. The monoisotopic (exact) mass is 286 g/mol. The summed E-state index contributed by atoms with van der Waals surface area (Å²) in [6.45, 7) is 0. The maximum atomic E-state index is 6.32. The average Bonchev–Trinajstić information content (AvgIpc) is 3.15. The molecule has 0 bridgehead atoms. The first-order valence-electron chi connectivity index (χ1n) is 7.91. The zero-order valence-corrected chi connectivity index (χ0v) is 12.5. The van der Waals surface area contributed by atoms with Gasteiger partial charge in [0, 0.05) is 13.0 Å². The van der Waals surface area contributed by atoms with Gasteiger partial charge in [0.25, 0.3) is 0 Å². The quantitative estimate of drug-likeness (QED) is 0.905. The van der Waals surface area contributed by atoms with Crippen molar-refractivity contribution in [2.24, 2.45) is 12.8 Å². The molecule has 0 radical (unpaired) electrons. The molecule has 0 amide bonds. The Hall–Kier alpha value is -1.69. The van der Waals surface area contributed by atoms with E-state index in [0.717, 1.165) is 36.0 Å². The van der Waals surface area contributed by atoms with Crippen molar-refractivity contribution in [3.63, 3.8) is 0 Å². The van der Waals surface area contributed by atoms with E-state index >= 15 is 0 Å². The van der Waals surface area contributed by atoms with E-state index in [9.17, 15) is 0 Å². The van der Waals surface area contributed by atoms with Crippen LogP contribution in [0.2, 0.25) is 0 Å². The van der Waals surface area contributed by atoms with Gasteiger partial charge in [-0.1, -0.05) is 12.8 Å². The molecule has 6 heteroatoms. The first-order chi connectivity index (χ1) is 10.2. The Morgan fingerprint density at radius 1 is 1.29 bits per heavy atom. The summed E-state index contributed by atoms with van der Waals surface area (Å²) in [6, 6.07) is 0. The Kier molecular flexibility index (Phi) is 2.89. The van der Waals surface area contributed by atoms with Crippen molar-refractivity contribution in [1.29, 1.82) is 0 Å². The van der Waals surface area contributed by atoms with Crippen LogP contribution >= 0.6 is 0 Å². The first kappa shape index (κ1) is 13.0. The van der Waals surface area contributed by atoms with Crippen molar-refractivity contribution < 1.29 is 0 Å². The molecule has 2 heterocycles. The molecule has 0 spiro atoms. The lowest BCUT2D eigenvalue weighted by atomic mass is 9.77. The minimum atomic E-state index is -0.259. The van der Waals surface area contributed by atoms with Gasteiger partial charge in [0.2, 0.25) is 0 Å². The number of hydrogen-bond donors (Lipinski definition) is 2. The molecule has 2 aliphatic rings. The minimum absolute atomic E-state index is 0.259. The number of nitrogens with one attached hydrogen (secondary N) is 1. The van der Waals surface area contributed by atoms with Crippen LogP contribution in [-0.4, -0.2) is 24.7 Å². The van der Waals surface area contributed by atoms with Gasteiger partial charge in [-0.3, -0.25) is 0 Å². The summed E-state index contributed by atoms with van der Waals surface area (Å²) in [5.74, 6) is 3.25. The molecular weight excluding hydrogens is 264 g/mol. The summed E-state index contributed by atoms with van der Waals surface area (Å²) in [5, 5.41) is 4.60. The largest absolute Gasteiger partial charge is 0.338 e. The number of aryl methyl sites for hydroxylation is 1. The maximum Gasteiger partial charge on any atom is 0.176 e. The van der Waals surface area contributed by atoms with Gasteiger partial charge in [0.05, 0.1) is 11.7 Å². The minimum Gasteiger partial charge on any atom is -0.338 e. The highest BCUT2D eigenvalue weighted by Crippen LogP contribution is 2.38. The molecule has 0 unspecified atom stereocenters. The average molecular weight is 286 g/mol. The number of aromatic amines is 1. The molecule has 0 saturated heterocycles. The lowest BCUT2D eigenvalue weighted by Crippen LogP contribution is -2.44. The molecule has 6 nitrogen and oxygen atoms in total. The zero-order valence-electron chi connectivity index (χ0n) is 12.5. The van der Waals surface area contributed by atoms with Gasteiger partial charge in [-0.15, -0.1) is 0 Å². The van der Waals surface area contributed by atoms with Crippen LogP contribution in [0.1, 0.15) is 62.5 Å². The fraction of sp³-hybridized carbons (Fsp3) is 0.667. The molecule has 21 heavy (non-hydrogen) atoms. The van der Waals surface area contributed by atoms with Gasteiger partial charge in [-0.05, 0) is 32.1 Å². The standard InChI is InChI=1S/C15H22N6/c1-21-13(19-12(20-21)10-5-2-3-6-10)11-9-17-14(18-11)15(16)7-4-8-15/h9-10H,2-8,16H2,1H3,(H,17,18). The number of rotatable bonds is 3. The molecule has 2 aromatic rings. The normalized spacial score (nSPS) is 21.6. The van der Waals surface area contributed by atoms with Gasteiger partial charge in [0.15, 0.2) is 11.6 Å². The third-order valence-electron chi connectivity index (χ3n) is 5.03. The summed E-state index contributed by atoms with van der Waals surface area (Å²) in [4.78, 5) is 12.6. The predicted molar refractivity (Wildman–Crippen MR) is 79.5 cm³/mol.